The quantitative estimate of drug-likeness (QED) is 0.719. The van der Waals surface area contributed by atoms with E-state index in [2.05, 4.69) is 0 Å². The first kappa shape index (κ1) is 13.8. The van der Waals surface area contributed by atoms with Crippen molar-refractivity contribution >= 4 is 0 Å². The third-order valence-corrected chi connectivity index (χ3v) is 3.29. The van der Waals surface area contributed by atoms with E-state index in [-0.39, 0.29) is 12.8 Å². The Balaban J connectivity index is 5.51. The average molecular weight is 214 g/mol. The van der Waals surface area contributed by atoms with E-state index in [0.29, 0.717) is 0 Å². The van der Waals surface area contributed by atoms with E-state index in [1.807, 2.05) is 0 Å². The van der Waals surface area contributed by atoms with Crippen molar-refractivity contribution in [3.63, 3.8) is 0 Å². The van der Waals surface area contributed by atoms with Crippen LogP contribution in [0.1, 0.15) is 40.5 Å². The van der Waals surface area contributed by atoms with Crippen molar-refractivity contribution in [1.82, 2.24) is 0 Å². The first-order valence-corrected chi connectivity index (χ1v) is 4.95. The Morgan fingerprint density at radius 1 is 0.933 bits per heavy atom. The highest BCUT2D eigenvalue weighted by Crippen LogP contribution is 2.51. The minimum Gasteiger partial charge on any atom is -0.203 e. The normalized spacial score (nSPS) is 19.5. The van der Waals surface area contributed by atoms with Gasteiger partial charge >= 0.3 is 0 Å². The molecule has 0 radical (unpaired) electrons. The highest BCUT2D eigenvalue weighted by atomic mass is 19.3. The van der Waals surface area contributed by atoms with Crippen molar-refractivity contribution in [2.75, 3.05) is 0 Å². The number of hydrogen-bond acceptors (Lipinski definition) is 2. The third-order valence-electron chi connectivity index (χ3n) is 3.29. The fourth-order valence-electron chi connectivity index (χ4n) is 1.35. The van der Waals surface area contributed by atoms with Crippen molar-refractivity contribution in [3.8, 4) is 12.1 Å². The van der Waals surface area contributed by atoms with E-state index in [4.69, 9.17) is 10.5 Å². The van der Waals surface area contributed by atoms with Crippen LogP contribution in [0.5, 0.6) is 0 Å². The summed E-state index contributed by atoms with van der Waals surface area (Å²) in [5.41, 5.74) is -3.57. The lowest BCUT2D eigenvalue weighted by Gasteiger charge is -2.39. The van der Waals surface area contributed by atoms with Crippen LogP contribution < -0.4 is 0 Å². The lowest BCUT2D eigenvalue weighted by Crippen LogP contribution is -2.49. The Kier molecular flexibility index (Phi) is 3.82. The number of halogens is 2. The van der Waals surface area contributed by atoms with Crippen LogP contribution in [0.4, 0.5) is 8.78 Å². The van der Waals surface area contributed by atoms with Gasteiger partial charge in [-0.05, 0) is 26.7 Å². The maximum atomic E-state index is 14.1. The van der Waals surface area contributed by atoms with Crippen LogP contribution >= 0.6 is 0 Å². The molecule has 0 spiro atoms. The minimum atomic E-state index is -3.31. The monoisotopic (exact) mass is 214 g/mol. The molecule has 0 rings (SSSR count). The fourth-order valence-corrected chi connectivity index (χ4v) is 1.35. The predicted molar refractivity (Wildman–Crippen MR) is 53.0 cm³/mol. The zero-order valence-electron chi connectivity index (χ0n) is 9.56. The third kappa shape index (κ3) is 1.81. The van der Waals surface area contributed by atoms with Gasteiger partial charge in [0, 0.05) is 0 Å². The molecule has 0 heterocycles. The van der Waals surface area contributed by atoms with Crippen LogP contribution in [0.15, 0.2) is 0 Å². The van der Waals surface area contributed by atoms with Gasteiger partial charge in [-0.25, -0.2) is 8.78 Å². The predicted octanol–water partition coefficient (Wildman–Crippen LogP) is 3.50. The molecular formula is C11H16F2N2. The largest absolute Gasteiger partial charge is 0.284 e. The van der Waals surface area contributed by atoms with E-state index >= 15 is 0 Å². The maximum Gasteiger partial charge on any atom is 0.284 e. The van der Waals surface area contributed by atoms with Gasteiger partial charge in [0.25, 0.3) is 5.92 Å². The molecule has 0 bridgehead atoms. The molecule has 0 aliphatic rings. The molecule has 2 unspecified atom stereocenters. The standard InChI is InChI=1S/C11H16F2N2/c1-5-9(3,7-14)11(12,13)10(4,6-2)8-15/h5-6H2,1-4H3. The fraction of sp³-hybridized carbons (Fsp3) is 0.818. The van der Waals surface area contributed by atoms with Crippen LogP contribution in [0, 0.1) is 33.5 Å². The molecule has 0 aliphatic heterocycles. The Hall–Kier alpha value is -1.16. The summed E-state index contributed by atoms with van der Waals surface area (Å²) in [4.78, 5) is 0. The number of hydrogen-bond donors (Lipinski definition) is 0. The maximum absolute atomic E-state index is 14.1. The van der Waals surface area contributed by atoms with Crippen molar-refractivity contribution < 1.29 is 8.78 Å². The van der Waals surface area contributed by atoms with Gasteiger partial charge in [-0.15, -0.1) is 0 Å². The number of nitrogens with zero attached hydrogens (tertiary/aromatic N) is 2. The summed E-state index contributed by atoms with van der Waals surface area (Å²) in [6.45, 7) is 5.48. The summed E-state index contributed by atoms with van der Waals surface area (Å²) in [7, 11) is 0. The van der Waals surface area contributed by atoms with Gasteiger partial charge in [-0.3, -0.25) is 0 Å². The van der Waals surface area contributed by atoms with Gasteiger partial charge in [0.1, 0.15) is 10.8 Å². The number of alkyl halides is 2. The van der Waals surface area contributed by atoms with Gasteiger partial charge in [0.2, 0.25) is 0 Å². The van der Waals surface area contributed by atoms with E-state index in [1.54, 1.807) is 12.1 Å². The topological polar surface area (TPSA) is 47.6 Å². The zero-order chi connectivity index (χ0) is 12.3. The van der Waals surface area contributed by atoms with E-state index in [1.165, 1.54) is 27.7 Å². The van der Waals surface area contributed by atoms with Crippen molar-refractivity contribution in [3.05, 3.63) is 0 Å². The summed E-state index contributed by atoms with van der Waals surface area (Å²) in [6, 6.07) is 3.28. The molecular weight excluding hydrogens is 198 g/mol. The van der Waals surface area contributed by atoms with Gasteiger partial charge in [-0.2, -0.15) is 10.5 Å². The van der Waals surface area contributed by atoms with Crippen LogP contribution in [0.2, 0.25) is 0 Å². The molecule has 84 valence electrons. The average Bonchev–Trinajstić information content (AvgIpc) is 2.26. The second-order valence-corrected chi connectivity index (χ2v) is 4.17. The lowest BCUT2D eigenvalue weighted by atomic mass is 9.68. The van der Waals surface area contributed by atoms with E-state index in [9.17, 15) is 8.78 Å². The van der Waals surface area contributed by atoms with E-state index < -0.39 is 16.8 Å². The molecule has 0 aromatic carbocycles. The van der Waals surface area contributed by atoms with Crippen LogP contribution in [-0.2, 0) is 0 Å². The molecule has 15 heavy (non-hydrogen) atoms. The van der Waals surface area contributed by atoms with Crippen LogP contribution in [-0.4, -0.2) is 5.92 Å². The molecule has 0 fully saturated rings. The molecule has 0 aromatic rings. The molecule has 4 heteroatoms. The van der Waals surface area contributed by atoms with Crippen LogP contribution in [0.25, 0.3) is 0 Å². The van der Waals surface area contributed by atoms with Crippen LogP contribution in [0.3, 0.4) is 0 Å². The Bertz CT molecular complexity index is 284. The van der Waals surface area contributed by atoms with Crippen molar-refractivity contribution in [2.24, 2.45) is 10.8 Å². The minimum absolute atomic E-state index is 0.0216. The second-order valence-electron chi connectivity index (χ2n) is 4.17. The summed E-state index contributed by atoms with van der Waals surface area (Å²) >= 11 is 0. The zero-order valence-corrected chi connectivity index (χ0v) is 9.56. The highest BCUT2D eigenvalue weighted by Gasteiger charge is 2.61. The molecule has 2 atom stereocenters. The first-order chi connectivity index (χ1) is 6.74. The molecule has 0 N–H and O–H groups in total. The number of nitriles is 2. The number of rotatable bonds is 4. The molecule has 0 aromatic heterocycles. The molecule has 0 saturated heterocycles. The summed E-state index contributed by atoms with van der Waals surface area (Å²) < 4.78 is 28.2. The molecule has 0 amide bonds. The highest BCUT2D eigenvalue weighted by molar-refractivity contribution is 5.16. The molecule has 0 aliphatic carbocycles. The lowest BCUT2D eigenvalue weighted by molar-refractivity contribution is -0.159. The Labute approximate surface area is 89.5 Å². The second kappa shape index (κ2) is 4.14. The first-order valence-electron chi connectivity index (χ1n) is 4.95. The summed E-state index contributed by atoms with van der Waals surface area (Å²) in [6.07, 6.45) is 0.0432. The Morgan fingerprint density at radius 3 is 1.33 bits per heavy atom. The van der Waals surface area contributed by atoms with Gasteiger partial charge in [0.05, 0.1) is 12.1 Å². The molecule has 0 saturated carbocycles. The van der Waals surface area contributed by atoms with E-state index in [0.717, 1.165) is 0 Å². The van der Waals surface area contributed by atoms with Gasteiger partial charge in [-0.1, -0.05) is 13.8 Å². The van der Waals surface area contributed by atoms with Crippen molar-refractivity contribution in [2.45, 2.75) is 46.5 Å². The van der Waals surface area contributed by atoms with Gasteiger partial charge in [0.15, 0.2) is 0 Å². The summed E-state index contributed by atoms with van der Waals surface area (Å²) in [5.74, 6) is -3.31. The van der Waals surface area contributed by atoms with Gasteiger partial charge < -0.3 is 0 Å². The SMILES string of the molecule is CCC(C)(C#N)C(F)(F)C(C)(C#N)CC. The molecule has 2 nitrogen and oxygen atoms in total. The Morgan fingerprint density at radius 2 is 1.20 bits per heavy atom. The van der Waals surface area contributed by atoms with Crippen molar-refractivity contribution in [1.29, 1.82) is 10.5 Å². The smallest absolute Gasteiger partial charge is 0.203 e. The summed E-state index contributed by atoms with van der Waals surface area (Å²) in [5, 5.41) is 17.7.